The molecule has 1 saturated heterocycles. The van der Waals surface area contributed by atoms with Crippen LogP contribution in [0.1, 0.15) is 23.6 Å². The monoisotopic (exact) mass is 655 g/mol. The van der Waals surface area contributed by atoms with E-state index in [1.54, 1.807) is 19.1 Å². The minimum atomic E-state index is -0.898. The van der Waals surface area contributed by atoms with E-state index in [2.05, 4.69) is 10.6 Å². The first kappa shape index (κ1) is 28.6. The molecule has 3 N–H and O–H groups in total. The zero-order valence-corrected chi connectivity index (χ0v) is 24.1. The van der Waals surface area contributed by atoms with Gasteiger partial charge in [-0.05, 0) is 103 Å². The van der Waals surface area contributed by atoms with E-state index in [0.29, 0.717) is 32.9 Å². The molecule has 3 aromatic carbocycles. The van der Waals surface area contributed by atoms with Crippen LogP contribution in [-0.4, -0.2) is 42.1 Å². The average Bonchev–Trinajstić information content (AvgIpc) is 2.89. The summed E-state index contributed by atoms with van der Waals surface area (Å²) < 4.78 is 12.1. The third-order valence-corrected chi connectivity index (χ3v) is 6.66. The van der Waals surface area contributed by atoms with Crippen molar-refractivity contribution < 1.29 is 33.8 Å². The van der Waals surface area contributed by atoms with Crippen LogP contribution in [0.3, 0.4) is 0 Å². The van der Waals surface area contributed by atoms with Crippen LogP contribution in [0.4, 0.5) is 16.2 Å². The number of benzene rings is 3. The lowest BCUT2D eigenvalue weighted by molar-refractivity contribution is -0.122. The first-order chi connectivity index (χ1) is 19.1. The SMILES string of the molecule is CCOc1cc(/C=C2/C(=O)NC(=O)N(c3ccc(O)cc3)C2=O)cc(I)c1OCC(=O)Nc1ccc(C)cc1C. The highest BCUT2D eigenvalue weighted by Gasteiger charge is 2.37. The summed E-state index contributed by atoms with van der Waals surface area (Å²) >= 11 is 2.02. The van der Waals surface area contributed by atoms with Crippen molar-refractivity contribution in [2.24, 2.45) is 0 Å². The van der Waals surface area contributed by atoms with Gasteiger partial charge in [0.2, 0.25) is 0 Å². The second-order valence-corrected chi connectivity index (χ2v) is 10.1. The van der Waals surface area contributed by atoms with Gasteiger partial charge in [0.15, 0.2) is 18.1 Å². The Morgan fingerprint density at radius 1 is 1.05 bits per heavy atom. The molecule has 10 nitrogen and oxygen atoms in total. The number of halogens is 1. The van der Waals surface area contributed by atoms with Gasteiger partial charge in [-0.15, -0.1) is 0 Å². The van der Waals surface area contributed by atoms with Gasteiger partial charge in [0.25, 0.3) is 17.7 Å². The van der Waals surface area contributed by atoms with Crippen molar-refractivity contribution >= 4 is 63.8 Å². The molecule has 4 rings (SSSR count). The number of nitrogens with zero attached hydrogens (tertiary/aromatic N) is 1. The summed E-state index contributed by atoms with van der Waals surface area (Å²) in [6.45, 7) is 5.69. The van der Waals surface area contributed by atoms with Crippen molar-refractivity contribution in [3.05, 3.63) is 80.4 Å². The van der Waals surface area contributed by atoms with E-state index in [1.165, 1.54) is 30.3 Å². The highest BCUT2D eigenvalue weighted by molar-refractivity contribution is 14.1. The normalized spacial score (nSPS) is 14.2. The number of phenols is 1. The van der Waals surface area contributed by atoms with Crippen molar-refractivity contribution in [1.82, 2.24) is 5.32 Å². The number of aryl methyl sites for hydroxylation is 2. The Hall–Kier alpha value is -4.39. The fourth-order valence-corrected chi connectivity index (χ4v) is 4.79. The van der Waals surface area contributed by atoms with E-state index >= 15 is 0 Å². The third-order valence-electron chi connectivity index (χ3n) is 5.86. The molecule has 0 aromatic heterocycles. The number of urea groups is 1. The van der Waals surface area contributed by atoms with Gasteiger partial charge in [0, 0.05) is 5.69 Å². The number of amides is 5. The molecular weight excluding hydrogens is 629 g/mol. The van der Waals surface area contributed by atoms with Gasteiger partial charge >= 0.3 is 6.03 Å². The number of rotatable bonds is 8. The summed E-state index contributed by atoms with van der Waals surface area (Å²) in [5.74, 6) is -1.41. The summed E-state index contributed by atoms with van der Waals surface area (Å²) in [7, 11) is 0. The number of imide groups is 2. The molecule has 1 aliphatic rings. The van der Waals surface area contributed by atoms with E-state index in [1.807, 2.05) is 54.6 Å². The van der Waals surface area contributed by atoms with Crippen LogP contribution in [-0.2, 0) is 14.4 Å². The average molecular weight is 655 g/mol. The van der Waals surface area contributed by atoms with Crippen molar-refractivity contribution in [1.29, 1.82) is 0 Å². The Labute approximate surface area is 244 Å². The van der Waals surface area contributed by atoms with Gasteiger partial charge < -0.3 is 19.9 Å². The smallest absolute Gasteiger partial charge is 0.335 e. The third kappa shape index (κ3) is 6.42. The summed E-state index contributed by atoms with van der Waals surface area (Å²) in [6, 6.07) is 13.5. The van der Waals surface area contributed by atoms with Crippen molar-refractivity contribution in [2.45, 2.75) is 20.8 Å². The van der Waals surface area contributed by atoms with Crippen molar-refractivity contribution in [3.8, 4) is 17.2 Å². The molecule has 0 saturated carbocycles. The first-order valence-corrected chi connectivity index (χ1v) is 13.3. The van der Waals surface area contributed by atoms with Crippen molar-refractivity contribution in [2.75, 3.05) is 23.4 Å². The number of nitrogens with one attached hydrogen (secondary N) is 2. The summed E-state index contributed by atoms with van der Waals surface area (Å²) in [5, 5.41) is 14.5. The van der Waals surface area contributed by atoms with Crippen LogP contribution in [0.5, 0.6) is 17.2 Å². The molecule has 0 spiro atoms. The molecule has 0 atom stereocenters. The fraction of sp³-hybridized carbons (Fsp3) is 0.172. The minimum absolute atomic E-state index is 0.0384. The Morgan fingerprint density at radius 2 is 1.77 bits per heavy atom. The number of carbonyl (C=O) groups is 4. The lowest BCUT2D eigenvalue weighted by Gasteiger charge is -2.26. The standard InChI is InChI=1S/C29H26IN3O7/c1-4-39-24-14-18(12-21-27(36)32-29(38)33(28(21)37)19-6-8-20(34)9-7-19)13-22(30)26(24)40-15-25(35)31-23-10-5-16(2)11-17(23)3/h5-14,34H,4,15H2,1-3H3,(H,31,35)(H,32,36,38)/b21-12-. The first-order valence-electron chi connectivity index (χ1n) is 12.2. The highest BCUT2D eigenvalue weighted by atomic mass is 127. The molecule has 0 radical (unpaired) electrons. The maximum Gasteiger partial charge on any atom is 0.335 e. The Bertz CT molecular complexity index is 1530. The molecular formula is C29H26IN3O7. The van der Waals surface area contributed by atoms with Crippen LogP contribution in [0.15, 0.2) is 60.2 Å². The number of hydrogen-bond acceptors (Lipinski definition) is 7. The zero-order chi connectivity index (χ0) is 29.0. The van der Waals surface area contributed by atoms with Gasteiger partial charge in [0.05, 0.1) is 15.9 Å². The second-order valence-electron chi connectivity index (χ2n) is 8.89. The number of hydrogen-bond donors (Lipinski definition) is 3. The van der Waals surface area contributed by atoms with Crippen LogP contribution in [0, 0.1) is 17.4 Å². The van der Waals surface area contributed by atoms with E-state index in [4.69, 9.17) is 9.47 Å². The van der Waals surface area contributed by atoms with Gasteiger partial charge in [-0.3, -0.25) is 19.7 Å². The minimum Gasteiger partial charge on any atom is -0.508 e. The van der Waals surface area contributed by atoms with Crippen LogP contribution in [0.25, 0.3) is 6.08 Å². The van der Waals surface area contributed by atoms with Crippen LogP contribution >= 0.6 is 22.6 Å². The number of barbiturate groups is 1. The molecule has 3 aromatic rings. The van der Waals surface area contributed by atoms with E-state index in [9.17, 15) is 24.3 Å². The summed E-state index contributed by atoms with van der Waals surface area (Å²) in [4.78, 5) is 51.6. The maximum absolute atomic E-state index is 13.2. The number of aromatic hydroxyl groups is 1. The second kappa shape index (κ2) is 12.2. The number of carbonyl (C=O) groups excluding carboxylic acids is 4. The van der Waals surface area contributed by atoms with Crippen LogP contribution in [0.2, 0.25) is 0 Å². The molecule has 5 amide bonds. The molecule has 0 bridgehead atoms. The molecule has 11 heteroatoms. The predicted molar refractivity (Wildman–Crippen MR) is 157 cm³/mol. The molecule has 1 heterocycles. The zero-order valence-electron chi connectivity index (χ0n) is 21.9. The molecule has 40 heavy (non-hydrogen) atoms. The molecule has 0 aliphatic carbocycles. The number of ether oxygens (including phenoxy) is 2. The summed E-state index contributed by atoms with van der Waals surface area (Å²) in [6.07, 6.45) is 1.35. The van der Waals surface area contributed by atoms with Crippen molar-refractivity contribution in [3.63, 3.8) is 0 Å². The quantitative estimate of drug-likeness (QED) is 0.182. The highest BCUT2D eigenvalue weighted by Crippen LogP contribution is 2.35. The van der Waals surface area contributed by atoms with Gasteiger partial charge in [-0.25, -0.2) is 9.69 Å². The van der Waals surface area contributed by atoms with Gasteiger partial charge in [-0.1, -0.05) is 17.7 Å². The predicted octanol–water partition coefficient (Wildman–Crippen LogP) is 4.70. The van der Waals surface area contributed by atoms with E-state index in [0.717, 1.165) is 16.0 Å². The van der Waals surface area contributed by atoms with Crippen LogP contribution < -0.4 is 25.0 Å². The topological polar surface area (TPSA) is 134 Å². The lowest BCUT2D eigenvalue weighted by Crippen LogP contribution is -2.54. The Balaban J connectivity index is 1.57. The lowest BCUT2D eigenvalue weighted by atomic mass is 10.1. The van der Waals surface area contributed by atoms with E-state index in [-0.39, 0.29) is 29.5 Å². The Kier molecular flexibility index (Phi) is 8.73. The van der Waals surface area contributed by atoms with Gasteiger partial charge in [-0.2, -0.15) is 0 Å². The van der Waals surface area contributed by atoms with Gasteiger partial charge in [0.1, 0.15) is 11.3 Å². The maximum atomic E-state index is 13.2. The summed E-state index contributed by atoms with van der Waals surface area (Å²) in [5.41, 5.74) is 3.07. The van der Waals surface area contributed by atoms with E-state index < -0.39 is 17.8 Å². The molecule has 206 valence electrons. The largest absolute Gasteiger partial charge is 0.508 e. The molecule has 0 unspecified atom stereocenters. The molecule has 1 fully saturated rings. The Morgan fingerprint density at radius 3 is 2.45 bits per heavy atom. The fourth-order valence-electron chi connectivity index (χ4n) is 4.01. The number of anilines is 2. The molecule has 1 aliphatic heterocycles. The number of phenolic OH excluding ortho intramolecular Hbond substituents is 1.